The fraction of sp³-hybridized carbons (Fsp3) is 0.444. The maximum absolute atomic E-state index is 10.9. The minimum atomic E-state index is 0.0812. The number of rotatable bonds is 4. The predicted octanol–water partition coefficient (Wildman–Crippen LogP) is 1.07. The topological polar surface area (TPSA) is 42.2 Å². The largest absolute Gasteiger partial charge is 0.396 e. The van der Waals surface area contributed by atoms with Crippen LogP contribution in [0.5, 0.6) is 0 Å². The zero-order valence-corrected chi connectivity index (χ0v) is 7.16. The van der Waals surface area contributed by atoms with E-state index in [1.165, 1.54) is 0 Å². The van der Waals surface area contributed by atoms with E-state index < -0.39 is 0 Å². The van der Waals surface area contributed by atoms with Crippen LogP contribution in [0.4, 0.5) is 0 Å². The predicted molar refractivity (Wildman–Crippen MR) is 46.1 cm³/mol. The third-order valence-corrected chi connectivity index (χ3v) is 1.73. The average molecular weight is 167 g/mol. The summed E-state index contributed by atoms with van der Waals surface area (Å²) in [5, 5.41) is 8.56. The zero-order valence-electron chi connectivity index (χ0n) is 7.16. The molecule has 1 aromatic rings. The molecule has 0 amide bonds. The van der Waals surface area contributed by atoms with E-state index in [4.69, 9.17) is 5.11 Å². The van der Waals surface area contributed by atoms with Crippen molar-refractivity contribution in [2.45, 2.75) is 19.9 Å². The van der Waals surface area contributed by atoms with Crippen LogP contribution in [0.25, 0.3) is 0 Å². The second-order valence-electron chi connectivity index (χ2n) is 2.77. The summed E-state index contributed by atoms with van der Waals surface area (Å²) in [6, 6.07) is 1.79. The number of aromatic nitrogens is 1. The van der Waals surface area contributed by atoms with Gasteiger partial charge >= 0.3 is 0 Å². The van der Waals surface area contributed by atoms with Crippen LogP contribution in [0.15, 0.2) is 18.5 Å². The number of aliphatic hydroxyl groups is 1. The van der Waals surface area contributed by atoms with Gasteiger partial charge in [-0.3, -0.25) is 4.79 Å². The number of aliphatic hydroxyl groups excluding tert-OH is 1. The standard InChI is InChI=1S/C9H13NO2/c1-8(12)9-3-5-10(7-9)4-2-6-11/h3,5,7,11H,2,4,6H2,1H3. The van der Waals surface area contributed by atoms with Crippen molar-refractivity contribution in [2.24, 2.45) is 0 Å². The summed E-state index contributed by atoms with van der Waals surface area (Å²) in [4.78, 5) is 10.9. The monoisotopic (exact) mass is 167 g/mol. The molecule has 1 heterocycles. The van der Waals surface area contributed by atoms with Gasteiger partial charge in [-0.2, -0.15) is 0 Å². The zero-order chi connectivity index (χ0) is 8.97. The summed E-state index contributed by atoms with van der Waals surface area (Å²) in [5.74, 6) is 0.0812. The molecule has 3 heteroatoms. The smallest absolute Gasteiger partial charge is 0.161 e. The van der Waals surface area contributed by atoms with Gasteiger partial charge in [0.05, 0.1) is 0 Å². The number of hydrogen-bond acceptors (Lipinski definition) is 2. The van der Waals surface area contributed by atoms with E-state index in [1.54, 1.807) is 19.2 Å². The third kappa shape index (κ3) is 2.20. The first-order valence-electron chi connectivity index (χ1n) is 4.01. The van der Waals surface area contributed by atoms with E-state index in [2.05, 4.69) is 0 Å². The normalized spacial score (nSPS) is 10.2. The number of aryl methyl sites for hydroxylation is 1. The molecule has 1 N–H and O–H groups in total. The number of carbonyl (C=O) groups is 1. The Bertz CT molecular complexity index is 265. The van der Waals surface area contributed by atoms with Crippen molar-refractivity contribution in [1.29, 1.82) is 0 Å². The molecule has 0 radical (unpaired) electrons. The van der Waals surface area contributed by atoms with Crippen molar-refractivity contribution in [2.75, 3.05) is 6.61 Å². The molecule has 0 aliphatic heterocycles. The van der Waals surface area contributed by atoms with Gasteiger partial charge in [-0.05, 0) is 19.4 Å². The van der Waals surface area contributed by atoms with Crippen molar-refractivity contribution in [3.8, 4) is 0 Å². The molecule has 0 fully saturated rings. The molecule has 0 aliphatic rings. The Kier molecular flexibility index (Phi) is 3.05. The molecular formula is C9H13NO2. The van der Waals surface area contributed by atoms with Gasteiger partial charge in [-0.15, -0.1) is 0 Å². The average Bonchev–Trinajstić information content (AvgIpc) is 2.48. The molecule has 66 valence electrons. The highest BCUT2D eigenvalue weighted by molar-refractivity contribution is 5.93. The van der Waals surface area contributed by atoms with Gasteiger partial charge in [0.15, 0.2) is 5.78 Å². The molecular weight excluding hydrogens is 154 g/mol. The van der Waals surface area contributed by atoms with Crippen LogP contribution in [0.1, 0.15) is 23.7 Å². The van der Waals surface area contributed by atoms with Crippen LogP contribution >= 0.6 is 0 Å². The molecule has 12 heavy (non-hydrogen) atoms. The lowest BCUT2D eigenvalue weighted by atomic mass is 10.2. The van der Waals surface area contributed by atoms with E-state index in [1.807, 2.05) is 10.8 Å². The van der Waals surface area contributed by atoms with Gasteiger partial charge < -0.3 is 9.67 Å². The Balaban J connectivity index is 2.58. The van der Waals surface area contributed by atoms with E-state index >= 15 is 0 Å². The molecule has 0 bridgehead atoms. The fourth-order valence-corrected chi connectivity index (χ4v) is 1.04. The van der Waals surface area contributed by atoms with Crippen molar-refractivity contribution in [3.05, 3.63) is 24.0 Å². The van der Waals surface area contributed by atoms with Crippen molar-refractivity contribution in [3.63, 3.8) is 0 Å². The first-order chi connectivity index (χ1) is 5.74. The van der Waals surface area contributed by atoms with Gasteiger partial charge in [-0.1, -0.05) is 0 Å². The second-order valence-corrected chi connectivity index (χ2v) is 2.77. The van der Waals surface area contributed by atoms with Gasteiger partial charge in [0.25, 0.3) is 0 Å². The lowest BCUT2D eigenvalue weighted by Gasteiger charge is -1.98. The van der Waals surface area contributed by atoms with Crippen LogP contribution in [0, 0.1) is 0 Å². The molecule has 1 rings (SSSR count). The first-order valence-corrected chi connectivity index (χ1v) is 4.01. The summed E-state index contributed by atoms with van der Waals surface area (Å²) >= 11 is 0. The van der Waals surface area contributed by atoms with Crippen LogP contribution < -0.4 is 0 Å². The minimum Gasteiger partial charge on any atom is -0.396 e. The molecule has 0 atom stereocenters. The fourth-order valence-electron chi connectivity index (χ4n) is 1.04. The van der Waals surface area contributed by atoms with Crippen LogP contribution in [0.3, 0.4) is 0 Å². The van der Waals surface area contributed by atoms with Crippen LogP contribution in [-0.4, -0.2) is 22.1 Å². The molecule has 0 aliphatic carbocycles. The number of hydrogen-bond donors (Lipinski definition) is 1. The lowest BCUT2D eigenvalue weighted by Crippen LogP contribution is -1.97. The summed E-state index contributed by atoms with van der Waals surface area (Å²) < 4.78 is 1.91. The highest BCUT2D eigenvalue weighted by Crippen LogP contribution is 2.02. The van der Waals surface area contributed by atoms with E-state index in [9.17, 15) is 4.79 Å². The Labute approximate surface area is 71.6 Å². The highest BCUT2D eigenvalue weighted by atomic mass is 16.3. The molecule has 0 spiro atoms. The minimum absolute atomic E-state index is 0.0812. The third-order valence-electron chi connectivity index (χ3n) is 1.73. The summed E-state index contributed by atoms with van der Waals surface area (Å²) in [5.41, 5.74) is 0.730. The van der Waals surface area contributed by atoms with E-state index in [0.29, 0.717) is 0 Å². The van der Waals surface area contributed by atoms with Gasteiger partial charge in [0, 0.05) is 31.1 Å². The van der Waals surface area contributed by atoms with Crippen molar-refractivity contribution in [1.82, 2.24) is 4.57 Å². The van der Waals surface area contributed by atoms with E-state index in [-0.39, 0.29) is 12.4 Å². The SMILES string of the molecule is CC(=O)c1ccn(CCCO)c1. The number of ketones is 1. The van der Waals surface area contributed by atoms with Crippen LogP contribution in [0.2, 0.25) is 0 Å². The number of carbonyl (C=O) groups excluding carboxylic acids is 1. The first kappa shape index (κ1) is 9.00. The summed E-state index contributed by atoms with van der Waals surface area (Å²) in [6.45, 7) is 2.50. The Morgan fingerprint density at radius 3 is 2.92 bits per heavy atom. The number of nitrogens with zero attached hydrogens (tertiary/aromatic N) is 1. The molecule has 0 saturated carbocycles. The summed E-state index contributed by atoms with van der Waals surface area (Å²) in [6.07, 6.45) is 4.39. The van der Waals surface area contributed by atoms with Crippen molar-refractivity contribution < 1.29 is 9.90 Å². The Morgan fingerprint density at radius 2 is 2.42 bits per heavy atom. The number of Topliss-reactive ketones (excluding diaryl/α,β-unsaturated/α-hetero) is 1. The van der Waals surface area contributed by atoms with Gasteiger partial charge in [0.1, 0.15) is 0 Å². The van der Waals surface area contributed by atoms with Gasteiger partial charge in [-0.25, -0.2) is 0 Å². The highest BCUT2D eigenvalue weighted by Gasteiger charge is 2.00. The quantitative estimate of drug-likeness (QED) is 0.681. The molecule has 0 unspecified atom stereocenters. The lowest BCUT2D eigenvalue weighted by molar-refractivity contribution is 0.101. The van der Waals surface area contributed by atoms with E-state index in [0.717, 1.165) is 18.5 Å². The molecule has 3 nitrogen and oxygen atoms in total. The Hall–Kier alpha value is -1.09. The molecule has 0 saturated heterocycles. The maximum atomic E-state index is 10.9. The van der Waals surface area contributed by atoms with Crippen molar-refractivity contribution >= 4 is 5.78 Å². The second kappa shape index (κ2) is 4.07. The molecule has 1 aromatic heterocycles. The Morgan fingerprint density at radius 1 is 1.67 bits per heavy atom. The summed E-state index contributed by atoms with van der Waals surface area (Å²) in [7, 11) is 0. The van der Waals surface area contributed by atoms with Crippen LogP contribution in [-0.2, 0) is 6.54 Å². The maximum Gasteiger partial charge on any atom is 0.161 e. The molecule has 0 aromatic carbocycles. The van der Waals surface area contributed by atoms with Gasteiger partial charge in [0.2, 0.25) is 0 Å².